The van der Waals surface area contributed by atoms with Crippen LogP contribution in [0.25, 0.3) is 0 Å². The highest BCUT2D eigenvalue weighted by atomic mass is 79.9. The predicted molar refractivity (Wildman–Crippen MR) is 72.1 cm³/mol. The van der Waals surface area contributed by atoms with Gasteiger partial charge in [-0.3, -0.25) is 10.1 Å². The van der Waals surface area contributed by atoms with Crippen LogP contribution in [0.4, 0.5) is 13.2 Å². The van der Waals surface area contributed by atoms with E-state index in [1.807, 2.05) is 0 Å². The minimum atomic E-state index is -1.34. The minimum Gasteiger partial charge on any atom is -0.392 e. The molecule has 114 valence electrons. The Bertz CT molecular complexity index is 621. The molecule has 1 aliphatic carbocycles. The summed E-state index contributed by atoms with van der Waals surface area (Å²) in [5.74, 6) is -4.53. The first-order chi connectivity index (χ1) is 9.85. The van der Waals surface area contributed by atoms with Crippen molar-refractivity contribution in [2.24, 2.45) is 0 Å². The Kier molecular flexibility index (Phi) is 4.67. The maximum absolute atomic E-state index is 13.8. The average molecular weight is 366 g/mol. The van der Waals surface area contributed by atoms with Gasteiger partial charge in [-0.1, -0.05) is 15.9 Å². The number of nitro groups is 1. The van der Waals surface area contributed by atoms with Gasteiger partial charge in [0, 0.05) is 23.0 Å². The Morgan fingerprint density at radius 1 is 1.24 bits per heavy atom. The molecular weight excluding hydrogens is 355 g/mol. The number of rotatable bonds is 3. The third-order valence-electron chi connectivity index (χ3n) is 3.60. The molecule has 1 aromatic carbocycles. The second-order valence-corrected chi connectivity index (χ2v) is 5.78. The topological polar surface area (TPSA) is 63.4 Å². The first-order valence-electron chi connectivity index (χ1n) is 6.10. The molecule has 0 heterocycles. The highest BCUT2D eigenvalue weighted by Gasteiger charge is 2.40. The molecule has 4 nitrogen and oxygen atoms in total. The monoisotopic (exact) mass is 365 g/mol. The van der Waals surface area contributed by atoms with Crippen molar-refractivity contribution in [1.29, 1.82) is 0 Å². The second-order valence-electron chi connectivity index (χ2n) is 4.82. The van der Waals surface area contributed by atoms with Gasteiger partial charge < -0.3 is 5.11 Å². The maximum Gasteiger partial charge on any atom is 0.224 e. The standard InChI is InChI=1S/C13H11BrF3NO3/c14-9-2-8(13(18(20)21)1-6(9)5-19)7-3-11(16)12(17)4-10(7)15/h3-4,8,13,19H,1-2,5H2/t8-,13+/m0/s1. The molecule has 0 unspecified atom stereocenters. The van der Waals surface area contributed by atoms with E-state index in [9.17, 15) is 23.3 Å². The van der Waals surface area contributed by atoms with E-state index in [1.54, 1.807) is 0 Å². The van der Waals surface area contributed by atoms with Crippen LogP contribution in [-0.2, 0) is 0 Å². The lowest BCUT2D eigenvalue weighted by molar-refractivity contribution is -0.527. The van der Waals surface area contributed by atoms with Crippen LogP contribution in [0.15, 0.2) is 22.2 Å². The van der Waals surface area contributed by atoms with Crippen LogP contribution in [0, 0.1) is 27.6 Å². The molecule has 0 spiro atoms. The molecule has 1 N–H and O–H groups in total. The van der Waals surface area contributed by atoms with Crippen molar-refractivity contribution in [3.05, 3.63) is 55.3 Å². The summed E-state index contributed by atoms with van der Waals surface area (Å²) in [7, 11) is 0. The summed E-state index contributed by atoms with van der Waals surface area (Å²) in [5, 5.41) is 20.3. The van der Waals surface area contributed by atoms with Gasteiger partial charge in [0.25, 0.3) is 0 Å². The Morgan fingerprint density at radius 2 is 1.86 bits per heavy atom. The molecule has 8 heteroatoms. The molecule has 0 aromatic heterocycles. The lowest BCUT2D eigenvalue weighted by Crippen LogP contribution is -2.32. The van der Waals surface area contributed by atoms with E-state index >= 15 is 0 Å². The molecule has 1 aliphatic rings. The van der Waals surface area contributed by atoms with E-state index in [0.717, 1.165) is 0 Å². The van der Waals surface area contributed by atoms with Gasteiger partial charge in [-0.15, -0.1) is 0 Å². The fourth-order valence-corrected chi connectivity index (χ4v) is 3.13. The number of halogens is 4. The summed E-state index contributed by atoms with van der Waals surface area (Å²) in [5.41, 5.74) is 0.223. The molecule has 2 atom stereocenters. The molecule has 21 heavy (non-hydrogen) atoms. The summed E-state index contributed by atoms with van der Waals surface area (Å²) < 4.78 is 40.7. The Hall–Kier alpha value is -1.41. The normalized spacial score (nSPS) is 22.5. The largest absolute Gasteiger partial charge is 0.392 e. The highest BCUT2D eigenvalue weighted by molar-refractivity contribution is 9.11. The number of hydrogen-bond donors (Lipinski definition) is 1. The zero-order valence-corrected chi connectivity index (χ0v) is 12.2. The van der Waals surface area contributed by atoms with Crippen molar-refractivity contribution < 1.29 is 23.2 Å². The van der Waals surface area contributed by atoms with Crippen LogP contribution < -0.4 is 0 Å². The van der Waals surface area contributed by atoms with E-state index in [2.05, 4.69) is 15.9 Å². The van der Waals surface area contributed by atoms with Crippen LogP contribution in [-0.4, -0.2) is 22.7 Å². The van der Waals surface area contributed by atoms with Crippen molar-refractivity contribution in [3.63, 3.8) is 0 Å². The van der Waals surface area contributed by atoms with Crippen molar-refractivity contribution in [1.82, 2.24) is 0 Å². The van der Waals surface area contributed by atoms with Gasteiger partial charge in [0.05, 0.1) is 12.5 Å². The van der Waals surface area contributed by atoms with Crippen molar-refractivity contribution in [2.45, 2.75) is 24.8 Å². The Labute approximate surface area is 126 Å². The molecule has 0 saturated carbocycles. The van der Waals surface area contributed by atoms with E-state index in [4.69, 9.17) is 5.11 Å². The predicted octanol–water partition coefficient (Wildman–Crippen LogP) is 3.27. The number of aliphatic hydroxyl groups excluding tert-OH is 1. The molecule has 0 fully saturated rings. The number of aliphatic hydroxyl groups is 1. The first-order valence-corrected chi connectivity index (χ1v) is 6.89. The highest BCUT2D eigenvalue weighted by Crippen LogP contribution is 2.41. The minimum absolute atomic E-state index is 0.0452. The molecular formula is C13H11BrF3NO3. The molecule has 0 bridgehead atoms. The quantitative estimate of drug-likeness (QED) is 0.508. The average Bonchev–Trinajstić information content (AvgIpc) is 2.42. The van der Waals surface area contributed by atoms with Gasteiger partial charge in [-0.2, -0.15) is 0 Å². The zero-order chi connectivity index (χ0) is 15.7. The molecule has 0 radical (unpaired) electrons. The van der Waals surface area contributed by atoms with Crippen molar-refractivity contribution >= 4 is 15.9 Å². The van der Waals surface area contributed by atoms with Crippen molar-refractivity contribution in [3.8, 4) is 0 Å². The van der Waals surface area contributed by atoms with Gasteiger partial charge >= 0.3 is 0 Å². The van der Waals surface area contributed by atoms with Gasteiger partial charge in [-0.25, -0.2) is 13.2 Å². The SMILES string of the molecule is O=[N+]([O-])[C@@H]1CC(CO)=C(Br)C[C@H]1c1cc(F)c(F)cc1F. The van der Waals surface area contributed by atoms with Gasteiger partial charge in [-0.05, 0) is 22.5 Å². The van der Waals surface area contributed by atoms with E-state index in [0.29, 0.717) is 22.2 Å². The van der Waals surface area contributed by atoms with Crippen LogP contribution in [0.2, 0.25) is 0 Å². The number of allylic oxidation sites excluding steroid dienone is 1. The first kappa shape index (κ1) is 16.0. The molecule has 1 aromatic rings. The smallest absolute Gasteiger partial charge is 0.224 e. The van der Waals surface area contributed by atoms with E-state index < -0.39 is 34.3 Å². The molecule has 0 saturated heterocycles. The van der Waals surface area contributed by atoms with Crippen LogP contribution in [0.3, 0.4) is 0 Å². The third-order valence-corrected chi connectivity index (χ3v) is 4.49. The molecule has 0 amide bonds. The number of hydrogen-bond acceptors (Lipinski definition) is 3. The lowest BCUT2D eigenvalue weighted by Gasteiger charge is -2.27. The zero-order valence-electron chi connectivity index (χ0n) is 10.7. The van der Waals surface area contributed by atoms with E-state index in [1.165, 1.54) is 0 Å². The Morgan fingerprint density at radius 3 is 2.43 bits per heavy atom. The fraction of sp³-hybridized carbons (Fsp3) is 0.385. The third kappa shape index (κ3) is 3.11. The molecule has 0 aliphatic heterocycles. The van der Waals surface area contributed by atoms with Crippen molar-refractivity contribution in [2.75, 3.05) is 6.61 Å². The van der Waals surface area contributed by atoms with Crippen LogP contribution in [0.1, 0.15) is 24.3 Å². The van der Waals surface area contributed by atoms with E-state index in [-0.39, 0.29) is 25.0 Å². The fourth-order valence-electron chi connectivity index (χ4n) is 2.49. The summed E-state index contributed by atoms with van der Waals surface area (Å²) >= 11 is 3.19. The summed E-state index contributed by atoms with van der Waals surface area (Å²) in [6.07, 6.45) is -0.0310. The number of nitrogens with zero attached hydrogens (tertiary/aromatic N) is 1. The lowest BCUT2D eigenvalue weighted by atomic mass is 9.80. The number of benzene rings is 1. The molecule has 2 rings (SSSR count). The second kappa shape index (κ2) is 6.15. The van der Waals surface area contributed by atoms with Crippen LogP contribution >= 0.6 is 15.9 Å². The Balaban J connectivity index is 2.48. The van der Waals surface area contributed by atoms with Crippen LogP contribution in [0.5, 0.6) is 0 Å². The van der Waals surface area contributed by atoms with Gasteiger partial charge in [0.1, 0.15) is 5.82 Å². The summed E-state index contributed by atoms with van der Waals surface area (Å²) in [6.45, 7) is -0.349. The maximum atomic E-state index is 13.8. The summed E-state index contributed by atoms with van der Waals surface area (Å²) in [6, 6.07) is -0.149. The van der Waals surface area contributed by atoms with Gasteiger partial charge in [0.15, 0.2) is 11.6 Å². The summed E-state index contributed by atoms with van der Waals surface area (Å²) in [4.78, 5) is 10.6. The van der Waals surface area contributed by atoms with Gasteiger partial charge in [0.2, 0.25) is 6.04 Å².